The van der Waals surface area contributed by atoms with Crippen molar-refractivity contribution < 1.29 is 9.53 Å². The molecule has 3 rings (SSSR count). The molecule has 2 heterocycles. The van der Waals surface area contributed by atoms with Crippen molar-refractivity contribution in [3.05, 3.63) is 29.8 Å². The first-order valence-electron chi connectivity index (χ1n) is 5.49. The summed E-state index contributed by atoms with van der Waals surface area (Å²) in [6.45, 7) is 2.09. The fourth-order valence-electron chi connectivity index (χ4n) is 2.19. The molecule has 3 nitrogen and oxygen atoms in total. The standard InChI is InChI=1S/C12H13NO2S/c14-12-13(5-6-15-12)8-10-7-9-3-1-2-4-11(9)16-10/h1-4,10H,5-8H2. The molecule has 84 valence electrons. The van der Waals surface area contributed by atoms with Gasteiger partial charge < -0.3 is 9.64 Å². The minimum atomic E-state index is -0.156. The van der Waals surface area contributed by atoms with Crippen molar-refractivity contribution in [3.8, 4) is 0 Å². The molecule has 0 N–H and O–H groups in total. The predicted octanol–water partition coefficient (Wildman–Crippen LogP) is 2.16. The number of carbonyl (C=O) groups is 1. The highest BCUT2D eigenvalue weighted by Crippen LogP contribution is 2.37. The first kappa shape index (κ1) is 10.0. The van der Waals surface area contributed by atoms with Gasteiger partial charge in [0.1, 0.15) is 6.61 Å². The maximum Gasteiger partial charge on any atom is 0.409 e. The van der Waals surface area contributed by atoms with E-state index in [1.165, 1.54) is 10.5 Å². The second kappa shape index (κ2) is 4.01. The lowest BCUT2D eigenvalue weighted by molar-refractivity contribution is 0.158. The highest BCUT2D eigenvalue weighted by atomic mass is 32.2. The molecule has 0 aromatic heterocycles. The zero-order valence-electron chi connectivity index (χ0n) is 8.89. The minimum absolute atomic E-state index is 0.156. The number of thioether (sulfide) groups is 1. The third kappa shape index (κ3) is 1.78. The van der Waals surface area contributed by atoms with E-state index in [2.05, 4.69) is 24.3 Å². The van der Waals surface area contributed by atoms with Gasteiger partial charge in [-0.25, -0.2) is 4.79 Å². The molecule has 4 heteroatoms. The van der Waals surface area contributed by atoms with E-state index < -0.39 is 0 Å². The Balaban J connectivity index is 1.66. The van der Waals surface area contributed by atoms with Gasteiger partial charge in [0, 0.05) is 16.7 Å². The van der Waals surface area contributed by atoms with Gasteiger partial charge in [0.25, 0.3) is 0 Å². The average molecular weight is 235 g/mol. The Hall–Kier alpha value is -1.16. The molecule has 1 amide bonds. The monoisotopic (exact) mass is 235 g/mol. The number of hydrogen-bond acceptors (Lipinski definition) is 3. The van der Waals surface area contributed by atoms with E-state index in [0.717, 1.165) is 19.5 Å². The van der Waals surface area contributed by atoms with Crippen LogP contribution in [-0.2, 0) is 11.2 Å². The SMILES string of the molecule is O=C1OCCN1CC1Cc2ccccc2S1. The summed E-state index contributed by atoms with van der Waals surface area (Å²) < 4.78 is 4.93. The fourth-order valence-corrected chi connectivity index (χ4v) is 3.53. The Morgan fingerprint density at radius 2 is 2.31 bits per heavy atom. The van der Waals surface area contributed by atoms with Crippen molar-refractivity contribution in [2.45, 2.75) is 16.6 Å². The summed E-state index contributed by atoms with van der Waals surface area (Å²) in [6.07, 6.45) is 0.904. The molecule has 2 aliphatic rings. The minimum Gasteiger partial charge on any atom is -0.448 e. The predicted molar refractivity (Wildman–Crippen MR) is 62.7 cm³/mol. The van der Waals surface area contributed by atoms with Crippen LogP contribution in [0.3, 0.4) is 0 Å². The molecule has 0 saturated carbocycles. The zero-order valence-corrected chi connectivity index (χ0v) is 9.70. The summed E-state index contributed by atoms with van der Waals surface area (Å²) in [5, 5.41) is 0.489. The Morgan fingerprint density at radius 3 is 3.06 bits per heavy atom. The van der Waals surface area contributed by atoms with Gasteiger partial charge in [0.05, 0.1) is 6.54 Å². The summed E-state index contributed by atoms with van der Waals surface area (Å²) in [7, 11) is 0. The van der Waals surface area contributed by atoms with Gasteiger partial charge in [0.2, 0.25) is 0 Å². The first-order valence-corrected chi connectivity index (χ1v) is 6.37. The van der Waals surface area contributed by atoms with E-state index in [1.54, 1.807) is 0 Å². The largest absolute Gasteiger partial charge is 0.448 e. The van der Waals surface area contributed by atoms with Crippen LogP contribution in [0.25, 0.3) is 0 Å². The van der Waals surface area contributed by atoms with Gasteiger partial charge in [0.15, 0.2) is 0 Å². The van der Waals surface area contributed by atoms with Crippen LogP contribution in [0, 0.1) is 0 Å². The van der Waals surface area contributed by atoms with E-state index in [-0.39, 0.29) is 6.09 Å². The number of hydrogen-bond donors (Lipinski definition) is 0. The van der Waals surface area contributed by atoms with Crippen LogP contribution in [0.5, 0.6) is 0 Å². The smallest absolute Gasteiger partial charge is 0.409 e. The maximum absolute atomic E-state index is 11.3. The molecule has 0 spiro atoms. The van der Waals surface area contributed by atoms with Crippen molar-refractivity contribution in [1.29, 1.82) is 0 Å². The summed E-state index contributed by atoms with van der Waals surface area (Å²) in [5.74, 6) is 0. The number of amides is 1. The zero-order chi connectivity index (χ0) is 11.0. The highest BCUT2D eigenvalue weighted by molar-refractivity contribution is 8.00. The molecule has 0 radical (unpaired) electrons. The molecule has 1 saturated heterocycles. The number of nitrogens with zero attached hydrogens (tertiary/aromatic N) is 1. The molecule has 16 heavy (non-hydrogen) atoms. The summed E-state index contributed by atoms with van der Waals surface area (Å²) in [5.41, 5.74) is 1.41. The molecule has 0 aliphatic carbocycles. The molecule has 1 unspecified atom stereocenters. The van der Waals surface area contributed by atoms with Gasteiger partial charge in [-0.3, -0.25) is 0 Å². The van der Waals surface area contributed by atoms with E-state index in [1.807, 2.05) is 16.7 Å². The summed E-state index contributed by atoms with van der Waals surface area (Å²) in [6, 6.07) is 8.47. The molecule has 1 aromatic rings. The number of carbonyl (C=O) groups excluding carboxylic acids is 1. The van der Waals surface area contributed by atoms with Crippen LogP contribution in [0.4, 0.5) is 4.79 Å². The van der Waals surface area contributed by atoms with Crippen LogP contribution in [0.2, 0.25) is 0 Å². The van der Waals surface area contributed by atoms with Gasteiger partial charge in [-0.15, -0.1) is 11.8 Å². The van der Waals surface area contributed by atoms with E-state index in [4.69, 9.17) is 4.74 Å². The number of rotatable bonds is 2. The molecular weight excluding hydrogens is 222 g/mol. The lowest BCUT2D eigenvalue weighted by atomic mass is 10.1. The molecular formula is C12H13NO2S. The van der Waals surface area contributed by atoms with Gasteiger partial charge in [-0.1, -0.05) is 18.2 Å². The number of benzene rings is 1. The summed E-state index contributed by atoms with van der Waals surface area (Å²) in [4.78, 5) is 14.5. The summed E-state index contributed by atoms with van der Waals surface area (Å²) >= 11 is 1.88. The lowest BCUT2D eigenvalue weighted by Gasteiger charge is -2.16. The fraction of sp³-hybridized carbons (Fsp3) is 0.417. The van der Waals surface area contributed by atoms with Crippen molar-refractivity contribution in [2.75, 3.05) is 19.7 Å². The normalized spacial score (nSPS) is 23.4. The first-order chi connectivity index (χ1) is 7.83. The van der Waals surface area contributed by atoms with E-state index in [0.29, 0.717) is 11.9 Å². The topological polar surface area (TPSA) is 29.5 Å². The van der Waals surface area contributed by atoms with Crippen molar-refractivity contribution in [2.24, 2.45) is 0 Å². The van der Waals surface area contributed by atoms with Crippen LogP contribution in [0.15, 0.2) is 29.2 Å². The van der Waals surface area contributed by atoms with Crippen molar-refractivity contribution >= 4 is 17.9 Å². The molecule has 0 bridgehead atoms. The van der Waals surface area contributed by atoms with Crippen LogP contribution in [-0.4, -0.2) is 35.9 Å². The van der Waals surface area contributed by atoms with Crippen LogP contribution in [0.1, 0.15) is 5.56 Å². The number of ether oxygens (including phenoxy) is 1. The van der Waals surface area contributed by atoms with Crippen molar-refractivity contribution in [3.63, 3.8) is 0 Å². The second-order valence-corrected chi connectivity index (χ2v) is 5.45. The van der Waals surface area contributed by atoms with E-state index in [9.17, 15) is 4.79 Å². The molecule has 2 aliphatic heterocycles. The quantitative estimate of drug-likeness (QED) is 0.786. The molecule has 1 aromatic carbocycles. The number of cyclic esters (lactones) is 1. The highest BCUT2D eigenvalue weighted by Gasteiger charge is 2.29. The molecule has 1 atom stereocenters. The third-order valence-electron chi connectivity index (χ3n) is 2.98. The van der Waals surface area contributed by atoms with Crippen LogP contribution >= 0.6 is 11.8 Å². The van der Waals surface area contributed by atoms with Gasteiger partial charge in [-0.2, -0.15) is 0 Å². The average Bonchev–Trinajstić information content (AvgIpc) is 2.85. The van der Waals surface area contributed by atoms with Crippen LogP contribution < -0.4 is 0 Å². The Kier molecular flexibility index (Phi) is 2.52. The van der Waals surface area contributed by atoms with Gasteiger partial charge in [-0.05, 0) is 18.1 Å². The Labute approximate surface area is 98.8 Å². The number of fused-ring (bicyclic) bond motifs is 1. The maximum atomic E-state index is 11.3. The Bertz CT molecular complexity index is 396. The Morgan fingerprint density at radius 1 is 1.44 bits per heavy atom. The van der Waals surface area contributed by atoms with Crippen molar-refractivity contribution in [1.82, 2.24) is 4.90 Å². The third-order valence-corrected chi connectivity index (χ3v) is 4.28. The van der Waals surface area contributed by atoms with Gasteiger partial charge >= 0.3 is 6.09 Å². The lowest BCUT2D eigenvalue weighted by Crippen LogP contribution is -2.31. The second-order valence-electron chi connectivity index (χ2n) is 4.11. The molecule has 1 fully saturated rings. The van der Waals surface area contributed by atoms with E-state index >= 15 is 0 Å².